The number of piperazine rings is 1. The molecule has 2 aromatic rings. The van der Waals surface area contributed by atoms with Crippen molar-refractivity contribution in [2.24, 2.45) is 0 Å². The summed E-state index contributed by atoms with van der Waals surface area (Å²) >= 11 is 1.67. The second-order valence-electron chi connectivity index (χ2n) is 8.97. The lowest BCUT2D eigenvalue weighted by molar-refractivity contribution is -0.179. The first kappa shape index (κ1) is 22.6. The van der Waals surface area contributed by atoms with Gasteiger partial charge in [0.2, 0.25) is 0 Å². The molecule has 1 saturated carbocycles. The molecular formula is C24H32N4O4S. The molecule has 9 heteroatoms. The fourth-order valence-electron chi connectivity index (χ4n) is 4.84. The Kier molecular flexibility index (Phi) is 6.82. The molecule has 2 aliphatic heterocycles. The fraction of sp³-hybridized carbons (Fsp3) is 0.583. The number of carbonyl (C=O) groups excluding carboxylic acids is 1. The number of nitrogens with zero attached hydrogens (tertiary/aromatic N) is 3. The van der Waals surface area contributed by atoms with Gasteiger partial charge in [-0.2, -0.15) is 0 Å². The van der Waals surface area contributed by atoms with Crippen molar-refractivity contribution in [1.29, 1.82) is 0 Å². The number of nitrogens with one attached hydrogen (secondary N) is 1. The third-order valence-corrected chi connectivity index (χ3v) is 7.76. The van der Waals surface area contributed by atoms with Gasteiger partial charge >= 0.3 is 6.03 Å². The molecule has 0 atom stereocenters. The van der Waals surface area contributed by atoms with Gasteiger partial charge in [-0.15, -0.1) is 11.3 Å². The summed E-state index contributed by atoms with van der Waals surface area (Å²) in [6.07, 6.45) is 3.54. The lowest BCUT2D eigenvalue weighted by Gasteiger charge is -2.38. The first-order valence-corrected chi connectivity index (χ1v) is 12.6. The van der Waals surface area contributed by atoms with Crippen LogP contribution >= 0.6 is 11.3 Å². The maximum Gasteiger partial charge on any atom is 0.317 e. The Hall–Kier alpha value is -2.20. The van der Waals surface area contributed by atoms with E-state index in [0.717, 1.165) is 80.4 Å². The van der Waals surface area contributed by atoms with Gasteiger partial charge in [0.15, 0.2) is 5.79 Å². The second-order valence-corrected chi connectivity index (χ2v) is 9.83. The predicted molar refractivity (Wildman–Crippen MR) is 126 cm³/mol. The molecule has 1 aromatic heterocycles. The average Bonchev–Trinajstić information content (AvgIpc) is 3.51. The summed E-state index contributed by atoms with van der Waals surface area (Å²) in [5.41, 5.74) is 2.18. The molecule has 1 aromatic carbocycles. The van der Waals surface area contributed by atoms with Crippen LogP contribution in [0.4, 0.5) is 4.79 Å². The first-order chi connectivity index (χ1) is 16.1. The van der Waals surface area contributed by atoms with Crippen LogP contribution in [0.3, 0.4) is 0 Å². The quantitative estimate of drug-likeness (QED) is 0.720. The number of urea groups is 1. The minimum absolute atomic E-state index is 0.0549. The van der Waals surface area contributed by atoms with Crippen molar-refractivity contribution in [3.8, 4) is 16.3 Å². The van der Waals surface area contributed by atoms with Crippen LogP contribution in [-0.2, 0) is 16.0 Å². The van der Waals surface area contributed by atoms with E-state index >= 15 is 0 Å². The van der Waals surface area contributed by atoms with Gasteiger partial charge in [-0.1, -0.05) is 0 Å². The van der Waals surface area contributed by atoms with E-state index in [1.54, 1.807) is 18.4 Å². The third kappa shape index (κ3) is 5.32. The van der Waals surface area contributed by atoms with Gasteiger partial charge in [0, 0.05) is 62.6 Å². The largest absolute Gasteiger partial charge is 0.497 e. The van der Waals surface area contributed by atoms with E-state index in [-0.39, 0.29) is 17.9 Å². The van der Waals surface area contributed by atoms with Crippen LogP contribution in [0.2, 0.25) is 0 Å². The summed E-state index contributed by atoms with van der Waals surface area (Å²) in [6.45, 7) is 5.38. The number of hydrogen-bond acceptors (Lipinski definition) is 7. The zero-order valence-electron chi connectivity index (χ0n) is 19.1. The molecule has 8 nitrogen and oxygen atoms in total. The molecule has 178 valence electrons. The van der Waals surface area contributed by atoms with Gasteiger partial charge in [0.1, 0.15) is 10.8 Å². The van der Waals surface area contributed by atoms with Crippen molar-refractivity contribution in [3.63, 3.8) is 0 Å². The van der Waals surface area contributed by atoms with Crippen LogP contribution in [-0.4, -0.2) is 79.1 Å². The zero-order chi connectivity index (χ0) is 22.7. The molecule has 1 aliphatic carbocycles. The Labute approximate surface area is 198 Å². The maximum atomic E-state index is 12.8. The number of thiazole rings is 1. The number of methoxy groups -OCH3 is 1. The lowest BCUT2D eigenvalue weighted by Crippen LogP contribution is -2.54. The van der Waals surface area contributed by atoms with Gasteiger partial charge in [-0.3, -0.25) is 4.90 Å². The monoisotopic (exact) mass is 472 g/mol. The van der Waals surface area contributed by atoms with Crippen molar-refractivity contribution in [1.82, 2.24) is 20.1 Å². The number of rotatable bonds is 5. The van der Waals surface area contributed by atoms with E-state index in [1.165, 1.54) is 0 Å². The summed E-state index contributed by atoms with van der Waals surface area (Å²) in [5.74, 6) is 0.470. The van der Waals surface area contributed by atoms with Crippen molar-refractivity contribution >= 4 is 17.4 Å². The molecule has 3 heterocycles. The van der Waals surface area contributed by atoms with Gasteiger partial charge in [0.05, 0.1) is 26.0 Å². The zero-order valence-corrected chi connectivity index (χ0v) is 19.9. The highest BCUT2D eigenvalue weighted by Crippen LogP contribution is 2.35. The molecule has 5 rings (SSSR count). The normalized spacial score (nSPS) is 21.4. The minimum atomic E-state index is -0.379. The molecular weight excluding hydrogens is 440 g/mol. The van der Waals surface area contributed by atoms with Gasteiger partial charge in [-0.25, -0.2) is 9.78 Å². The fourth-order valence-corrected chi connectivity index (χ4v) is 5.65. The van der Waals surface area contributed by atoms with E-state index in [2.05, 4.69) is 15.6 Å². The van der Waals surface area contributed by atoms with E-state index in [4.69, 9.17) is 19.2 Å². The van der Waals surface area contributed by atoms with Crippen molar-refractivity contribution in [3.05, 3.63) is 35.3 Å². The van der Waals surface area contributed by atoms with Crippen LogP contribution in [0.5, 0.6) is 5.75 Å². The molecule has 2 amide bonds. The average molecular weight is 473 g/mol. The molecule has 1 N–H and O–H groups in total. The first-order valence-electron chi connectivity index (χ1n) is 11.8. The summed E-state index contributed by atoms with van der Waals surface area (Å²) in [6, 6.07) is 8.27. The Morgan fingerprint density at radius 1 is 1.15 bits per heavy atom. The van der Waals surface area contributed by atoms with Crippen LogP contribution in [0, 0.1) is 0 Å². The third-order valence-electron chi connectivity index (χ3n) is 6.82. The minimum Gasteiger partial charge on any atom is -0.497 e. The Morgan fingerprint density at radius 3 is 2.52 bits per heavy atom. The highest BCUT2D eigenvalue weighted by atomic mass is 32.1. The lowest BCUT2D eigenvalue weighted by atomic mass is 9.90. The Bertz CT molecular complexity index is 926. The highest BCUT2D eigenvalue weighted by molar-refractivity contribution is 7.13. The van der Waals surface area contributed by atoms with Gasteiger partial charge in [-0.05, 0) is 37.1 Å². The SMILES string of the molecule is COc1ccc(-c2nc(CN3CCN(C(=O)NC4CCC5(CC4)OCCO5)CC3)cs2)cc1. The molecule has 3 fully saturated rings. The van der Waals surface area contributed by atoms with Gasteiger partial charge < -0.3 is 24.4 Å². The summed E-state index contributed by atoms with van der Waals surface area (Å²) in [5, 5.41) is 6.38. The number of aromatic nitrogens is 1. The highest BCUT2D eigenvalue weighted by Gasteiger charge is 2.40. The summed E-state index contributed by atoms with van der Waals surface area (Å²) < 4.78 is 16.8. The standard InChI is InChI=1S/C24H32N4O4S/c1-30-21-4-2-18(3-5-21)22-25-20(17-33-22)16-27-10-12-28(13-11-27)23(29)26-19-6-8-24(9-7-19)31-14-15-32-24/h2-5,17,19H,6-16H2,1H3,(H,26,29). The summed E-state index contributed by atoms with van der Waals surface area (Å²) in [4.78, 5) is 21.9. The topological polar surface area (TPSA) is 76.2 Å². The molecule has 0 bridgehead atoms. The molecule has 3 aliphatic rings. The van der Waals surface area contributed by atoms with Crippen molar-refractivity contribution in [2.45, 2.75) is 44.1 Å². The number of carbonyl (C=O) groups is 1. The van der Waals surface area contributed by atoms with E-state index in [0.29, 0.717) is 13.2 Å². The number of amides is 2. The molecule has 0 radical (unpaired) electrons. The number of benzene rings is 1. The maximum absolute atomic E-state index is 12.8. The second kappa shape index (κ2) is 9.97. The molecule has 33 heavy (non-hydrogen) atoms. The summed E-state index contributed by atoms with van der Waals surface area (Å²) in [7, 11) is 1.67. The Balaban J connectivity index is 1.06. The van der Waals surface area contributed by atoms with Crippen molar-refractivity contribution in [2.75, 3.05) is 46.5 Å². The van der Waals surface area contributed by atoms with Gasteiger partial charge in [0.25, 0.3) is 0 Å². The van der Waals surface area contributed by atoms with Crippen LogP contribution in [0.15, 0.2) is 29.6 Å². The number of ether oxygens (including phenoxy) is 3. The number of hydrogen-bond donors (Lipinski definition) is 1. The van der Waals surface area contributed by atoms with E-state index < -0.39 is 0 Å². The van der Waals surface area contributed by atoms with Crippen LogP contribution in [0.25, 0.3) is 10.6 Å². The van der Waals surface area contributed by atoms with Crippen LogP contribution < -0.4 is 10.1 Å². The van der Waals surface area contributed by atoms with E-state index in [9.17, 15) is 4.79 Å². The van der Waals surface area contributed by atoms with Crippen LogP contribution in [0.1, 0.15) is 31.4 Å². The Morgan fingerprint density at radius 2 is 1.85 bits per heavy atom. The molecule has 0 unspecified atom stereocenters. The molecule has 1 spiro atoms. The predicted octanol–water partition coefficient (Wildman–Crippen LogP) is 3.33. The van der Waals surface area contributed by atoms with E-state index in [1.807, 2.05) is 29.2 Å². The smallest absolute Gasteiger partial charge is 0.317 e. The molecule has 2 saturated heterocycles. The van der Waals surface area contributed by atoms with Crippen molar-refractivity contribution < 1.29 is 19.0 Å².